The maximum absolute atomic E-state index is 18.3. The van der Waals surface area contributed by atoms with Crippen LogP contribution in [0.1, 0.15) is 124 Å². The molecule has 3 aromatic heterocycles. The summed E-state index contributed by atoms with van der Waals surface area (Å²) in [6.45, 7) is 16.3. The zero-order valence-corrected chi connectivity index (χ0v) is 45.5. The van der Waals surface area contributed by atoms with Gasteiger partial charge in [-0.2, -0.15) is 33.3 Å². The number of nitrogens with one attached hydrogen (secondary N) is 1. The molecular formula is C54H59F7N8O8S. The first kappa shape index (κ1) is 56.0. The second-order valence-corrected chi connectivity index (χ2v) is 24.5. The van der Waals surface area contributed by atoms with Crippen LogP contribution in [0.4, 0.5) is 61.8 Å². The highest BCUT2D eigenvalue weighted by molar-refractivity contribution is 7.23. The molecule has 5 aromatic rings. The number of thiophene rings is 1. The third-order valence-corrected chi connectivity index (χ3v) is 15.2. The quantitative estimate of drug-likeness (QED) is 0.103. The molecule has 4 aliphatic rings. The van der Waals surface area contributed by atoms with Crippen molar-refractivity contribution >= 4 is 67.2 Å². The monoisotopic (exact) mass is 1110 g/mol. The van der Waals surface area contributed by atoms with E-state index in [1.54, 1.807) is 69.2 Å². The molecule has 0 unspecified atom stereocenters. The number of carbonyl (C=O) groups excluding carboxylic acids is 3. The fourth-order valence-electron chi connectivity index (χ4n) is 10.1. The van der Waals surface area contributed by atoms with E-state index in [1.807, 2.05) is 6.07 Å². The van der Waals surface area contributed by atoms with Crippen LogP contribution in [-0.4, -0.2) is 100 Å². The Hall–Kier alpha value is -6.74. The van der Waals surface area contributed by atoms with Gasteiger partial charge in [-0.1, -0.05) is 12.1 Å². The third-order valence-electron chi connectivity index (χ3n) is 14.1. The van der Waals surface area contributed by atoms with Gasteiger partial charge in [-0.15, -0.1) is 11.3 Å². The van der Waals surface area contributed by atoms with Crippen LogP contribution in [0, 0.1) is 33.8 Å². The number of pyridine rings is 1. The number of anilines is 3. The normalized spacial score (nSPS) is 18.1. The predicted octanol–water partition coefficient (Wildman–Crippen LogP) is 13.3. The van der Waals surface area contributed by atoms with Gasteiger partial charge in [0.2, 0.25) is 0 Å². The largest absolute Gasteiger partial charge is 0.490 e. The van der Waals surface area contributed by atoms with Crippen LogP contribution in [0.5, 0.6) is 11.8 Å². The van der Waals surface area contributed by atoms with Gasteiger partial charge in [0.15, 0.2) is 11.6 Å². The fourth-order valence-corrected chi connectivity index (χ4v) is 11.2. The van der Waals surface area contributed by atoms with E-state index in [0.717, 1.165) is 12.1 Å². The van der Waals surface area contributed by atoms with Gasteiger partial charge < -0.3 is 33.5 Å². The van der Waals surface area contributed by atoms with Gasteiger partial charge in [-0.3, -0.25) is 5.32 Å². The smallest absolute Gasteiger partial charge is 0.425 e. The molecule has 78 heavy (non-hydrogen) atoms. The first-order chi connectivity index (χ1) is 36.2. The molecule has 0 bridgehead atoms. The van der Waals surface area contributed by atoms with Crippen molar-refractivity contribution in [1.29, 1.82) is 5.26 Å². The van der Waals surface area contributed by atoms with Crippen molar-refractivity contribution in [3.8, 4) is 29.0 Å². The lowest BCUT2D eigenvalue weighted by Gasteiger charge is -2.34. The molecule has 3 fully saturated rings. The molecule has 2 aliphatic heterocycles. The summed E-state index contributed by atoms with van der Waals surface area (Å²) < 4.78 is 140. The first-order valence-corrected chi connectivity index (χ1v) is 26.2. The van der Waals surface area contributed by atoms with E-state index < -0.39 is 133 Å². The van der Waals surface area contributed by atoms with E-state index in [1.165, 1.54) is 23.2 Å². The van der Waals surface area contributed by atoms with Crippen molar-refractivity contribution in [2.45, 2.75) is 136 Å². The number of nitrogens with zero attached hydrogens (tertiary/aromatic N) is 7. The summed E-state index contributed by atoms with van der Waals surface area (Å²) >= 11 is 0.533. The molecule has 3 amide bonds. The Morgan fingerprint density at radius 1 is 0.897 bits per heavy atom. The first-order valence-electron chi connectivity index (χ1n) is 25.4. The Morgan fingerprint density at radius 3 is 2.09 bits per heavy atom. The van der Waals surface area contributed by atoms with Crippen molar-refractivity contribution in [3.05, 3.63) is 58.8 Å². The summed E-state index contributed by atoms with van der Waals surface area (Å²) in [6, 6.07) is 5.02. The standard InChI is InChI=1S/C54H59F7N8O8S/c1-28(29-12-11-19-63-41(29)69(46(71)76-49(5,6)7)47(72)77-50(8,9)10)68-22-23-73-39-35-38(64-44(65-42(35)68)74-27-51(15-16-51)26-67-20-17-52(18-21-67)25-53(52,57)58)37(56)34(36(39)54(59,60)61)30-13-14-32(55)40-33(30)31(24-62)43(78-40)66-45(70)75-48(2,3)4/h11-14,19,28H,15-18,20-23,25-27H2,1-10H3,(H,66,70)/t28-/m1/s1. The molecule has 1 atom stereocenters. The number of piperidine rings is 1. The lowest BCUT2D eigenvalue weighted by Crippen LogP contribution is -2.45. The zero-order valence-electron chi connectivity index (χ0n) is 44.7. The number of ether oxygens (including phenoxy) is 5. The minimum Gasteiger partial charge on any atom is -0.490 e. The lowest BCUT2D eigenvalue weighted by atomic mass is 9.91. The number of halogens is 7. The van der Waals surface area contributed by atoms with Crippen molar-refractivity contribution in [3.63, 3.8) is 0 Å². The van der Waals surface area contributed by atoms with Gasteiger partial charge in [-0.25, -0.2) is 36.9 Å². The van der Waals surface area contributed by atoms with E-state index in [-0.39, 0.29) is 46.5 Å². The van der Waals surface area contributed by atoms with Crippen molar-refractivity contribution in [2.24, 2.45) is 10.8 Å². The average Bonchev–Trinajstić information content (AvgIpc) is 4.27. The maximum atomic E-state index is 18.3. The number of amides is 3. The number of imide groups is 1. The van der Waals surface area contributed by atoms with Gasteiger partial charge in [0, 0.05) is 46.5 Å². The molecular weight excluding hydrogens is 1050 g/mol. The summed E-state index contributed by atoms with van der Waals surface area (Å²) in [5.41, 5.74) is -9.20. The van der Waals surface area contributed by atoms with E-state index in [4.69, 9.17) is 28.7 Å². The van der Waals surface area contributed by atoms with Crippen LogP contribution < -0.4 is 24.6 Å². The van der Waals surface area contributed by atoms with Crippen LogP contribution in [0.2, 0.25) is 0 Å². The zero-order chi connectivity index (χ0) is 56.9. The lowest BCUT2D eigenvalue weighted by molar-refractivity contribution is -0.138. The molecule has 1 saturated heterocycles. The van der Waals surface area contributed by atoms with Gasteiger partial charge in [0.25, 0.3) is 5.92 Å². The number of fused-ring (bicyclic) bond motifs is 1. The predicted molar refractivity (Wildman–Crippen MR) is 275 cm³/mol. The Balaban J connectivity index is 1.22. The van der Waals surface area contributed by atoms with E-state index in [2.05, 4.69) is 20.2 Å². The van der Waals surface area contributed by atoms with Gasteiger partial charge in [-0.05, 0) is 126 Å². The van der Waals surface area contributed by atoms with E-state index in [9.17, 15) is 28.4 Å². The molecule has 1 N–H and O–H groups in total. The molecule has 2 aliphatic carbocycles. The summed E-state index contributed by atoms with van der Waals surface area (Å²) in [6.07, 6.45) is -5.62. The Morgan fingerprint density at radius 2 is 1.53 bits per heavy atom. The van der Waals surface area contributed by atoms with Crippen LogP contribution in [0.3, 0.4) is 0 Å². The topological polar surface area (TPSA) is 182 Å². The number of likely N-dealkylation sites (tertiary alicyclic amines) is 1. The molecule has 0 radical (unpaired) electrons. The second-order valence-electron chi connectivity index (χ2n) is 23.4. The fraction of sp³-hybridized carbons (Fsp3) is 0.537. The number of hydrogen-bond donors (Lipinski definition) is 1. The Kier molecular flexibility index (Phi) is 14.0. The van der Waals surface area contributed by atoms with Crippen molar-refractivity contribution in [1.82, 2.24) is 19.9 Å². The highest BCUT2D eigenvalue weighted by Gasteiger charge is 2.70. The molecule has 5 heterocycles. The van der Waals surface area contributed by atoms with Gasteiger partial charge in [0.05, 0.1) is 34.8 Å². The molecule has 418 valence electrons. The summed E-state index contributed by atoms with van der Waals surface area (Å²) in [5.74, 6) is -6.76. The Labute approximate surface area is 449 Å². The highest BCUT2D eigenvalue weighted by atomic mass is 32.1. The second kappa shape index (κ2) is 19.6. The van der Waals surface area contributed by atoms with Crippen LogP contribution in [0.15, 0.2) is 30.5 Å². The summed E-state index contributed by atoms with van der Waals surface area (Å²) in [7, 11) is 0. The number of aromatic nitrogens is 3. The number of carbonyl (C=O) groups is 3. The number of nitriles is 1. The van der Waals surface area contributed by atoms with Crippen LogP contribution in [0.25, 0.3) is 32.1 Å². The highest BCUT2D eigenvalue weighted by Crippen LogP contribution is 2.66. The number of alkyl halides is 5. The molecule has 9 rings (SSSR count). The molecule has 2 saturated carbocycles. The van der Waals surface area contributed by atoms with Crippen molar-refractivity contribution in [2.75, 3.05) is 54.5 Å². The molecule has 1 spiro atoms. The van der Waals surface area contributed by atoms with Crippen LogP contribution >= 0.6 is 11.3 Å². The van der Waals surface area contributed by atoms with Gasteiger partial charge in [0.1, 0.15) is 62.9 Å². The number of hydrogen-bond acceptors (Lipinski definition) is 15. The third kappa shape index (κ3) is 11.0. The summed E-state index contributed by atoms with van der Waals surface area (Å²) in [5, 5.41) is 11.6. The minimum absolute atomic E-state index is 0.0519. The molecule has 24 heteroatoms. The average molecular weight is 1110 g/mol. The van der Waals surface area contributed by atoms with Crippen molar-refractivity contribution < 1.29 is 68.8 Å². The number of benzene rings is 2. The molecule has 2 aromatic carbocycles. The van der Waals surface area contributed by atoms with Gasteiger partial charge >= 0.3 is 30.5 Å². The summed E-state index contributed by atoms with van der Waals surface area (Å²) in [4.78, 5) is 58.7. The minimum atomic E-state index is -5.44. The maximum Gasteiger partial charge on any atom is 0.425 e. The van der Waals surface area contributed by atoms with E-state index in [0.29, 0.717) is 61.6 Å². The van der Waals surface area contributed by atoms with Crippen LogP contribution in [-0.2, 0) is 20.4 Å². The Bertz CT molecular complexity index is 3250. The number of rotatable bonds is 10. The van der Waals surface area contributed by atoms with E-state index >= 15 is 22.0 Å². The SMILES string of the molecule is C[C@H](c1cccnc1N(C(=O)OC(C)(C)C)C(=O)OC(C)(C)C)N1CCOc2c(C(F)(F)F)c(-c3ccc(F)c4sc(NC(=O)OC(C)(C)C)c(C#N)c34)c(F)c3nc(OCC4(CN5CCC6(CC5)CC6(F)F)CC4)nc1c23. The molecule has 16 nitrogen and oxygen atoms in total.